The van der Waals surface area contributed by atoms with E-state index in [9.17, 15) is 38.7 Å². The number of hydrogen-bond donors (Lipinski definition) is 1. The summed E-state index contributed by atoms with van der Waals surface area (Å²) in [6.07, 6.45) is 2.04. The lowest BCUT2D eigenvalue weighted by Gasteiger charge is -2.59. The molecule has 2 aromatic carbocycles. The van der Waals surface area contributed by atoms with Gasteiger partial charge in [0.1, 0.15) is 125 Å². The normalized spacial score (nSPS) is 52.3. The van der Waals surface area contributed by atoms with Gasteiger partial charge >= 0.3 is 36.2 Å². The van der Waals surface area contributed by atoms with Crippen molar-refractivity contribution in [1.82, 2.24) is 0 Å². The molecule has 16 heterocycles. The summed E-state index contributed by atoms with van der Waals surface area (Å²) in [6.45, 7) is 32.0. The van der Waals surface area contributed by atoms with Gasteiger partial charge in [0.15, 0.2) is 40.9 Å². The lowest BCUT2D eigenvalue weighted by Crippen LogP contribution is -2.76. The maximum absolute atomic E-state index is 16.0. The number of ketones is 1. The number of carbonyl (C=O) groups excluding carboxylic acids is 7. The fourth-order valence-corrected chi connectivity index (χ4v) is 33.6. The first-order valence-corrected chi connectivity index (χ1v) is 48.1. The zero-order chi connectivity index (χ0) is 90.1. The maximum atomic E-state index is 16.0. The van der Waals surface area contributed by atoms with Crippen LogP contribution in [0.15, 0.2) is 98.5 Å². The molecule has 3 aromatic rings. The van der Waals surface area contributed by atoms with E-state index in [4.69, 9.17) is 106 Å². The summed E-state index contributed by atoms with van der Waals surface area (Å²) in [5.41, 5.74) is -2.67. The van der Waals surface area contributed by atoms with Crippen LogP contribution in [0.4, 0.5) is 14.0 Å². The van der Waals surface area contributed by atoms with Crippen molar-refractivity contribution in [3.05, 3.63) is 122 Å². The number of benzene rings is 2. The minimum absolute atomic E-state index is 0.0427. The molecule has 0 unspecified atom stereocenters. The molecule has 0 amide bonds. The quantitative estimate of drug-likeness (QED) is 0.0683. The van der Waals surface area contributed by atoms with Crippen LogP contribution >= 0.6 is 11.6 Å². The third kappa shape index (κ3) is 8.84. The molecule has 130 heavy (non-hydrogen) atoms. The van der Waals surface area contributed by atoms with Crippen molar-refractivity contribution in [2.24, 2.45) is 63.1 Å². The lowest BCUT2D eigenvalue weighted by atomic mass is 9.45. The molecular weight excluding hydrogens is 1700 g/mol. The van der Waals surface area contributed by atoms with Crippen LogP contribution in [0.1, 0.15) is 218 Å². The third-order valence-corrected chi connectivity index (χ3v) is 39.9. The molecule has 12 saturated heterocycles. The second-order valence-corrected chi connectivity index (χ2v) is 46.5. The Hall–Kier alpha value is -7.23. The molecule has 15 aliphatic heterocycles. The van der Waals surface area contributed by atoms with Crippen molar-refractivity contribution >= 4 is 53.6 Å². The van der Waals surface area contributed by atoms with Crippen molar-refractivity contribution < 1.29 is 137 Å². The van der Waals surface area contributed by atoms with E-state index in [2.05, 4.69) is 69.2 Å². The molecule has 692 valence electrons. The van der Waals surface area contributed by atoms with Gasteiger partial charge in [-0.2, -0.15) is 0 Å². The first kappa shape index (κ1) is 82.3. The van der Waals surface area contributed by atoms with Crippen LogP contribution in [0.3, 0.4) is 0 Å². The van der Waals surface area contributed by atoms with Crippen molar-refractivity contribution in [2.75, 3.05) is 19.8 Å². The number of fused-ring (bicyclic) bond motifs is 18. The van der Waals surface area contributed by atoms with E-state index >= 15 is 4.39 Å². The highest BCUT2D eigenvalue weighted by Crippen LogP contribution is 2.89. The Morgan fingerprint density at radius 3 is 1.44 bits per heavy atom. The minimum Gasteiger partial charge on any atom is -0.458 e. The minimum atomic E-state index is -1.15. The summed E-state index contributed by atoms with van der Waals surface area (Å²) in [7, 11) is 0. The smallest absolute Gasteiger partial charge is 0.458 e. The number of hydrogen-bond acceptors (Lipinski definition) is 28. The number of furan rings is 1. The van der Waals surface area contributed by atoms with Gasteiger partial charge in [0.2, 0.25) is 11.4 Å². The number of carbonyl (C=O) groups is 7. The van der Waals surface area contributed by atoms with Gasteiger partial charge in [-0.05, 0) is 174 Å². The van der Waals surface area contributed by atoms with Crippen LogP contribution in [-0.4, -0.2) is 237 Å². The monoisotopic (exact) mass is 1810 g/mol. The van der Waals surface area contributed by atoms with Gasteiger partial charge in [-0.1, -0.05) is 132 Å². The van der Waals surface area contributed by atoms with Crippen LogP contribution < -0.4 is 4.74 Å². The van der Waals surface area contributed by atoms with Gasteiger partial charge in [-0.15, -0.1) is 11.6 Å². The number of cyclic esters (lactones) is 3. The molecule has 20 fully saturated rings. The fourth-order valence-electron chi connectivity index (χ4n) is 33.1. The summed E-state index contributed by atoms with van der Waals surface area (Å²) >= 11 is 7.08. The summed E-state index contributed by atoms with van der Waals surface area (Å²) in [6, 6.07) is 17.8. The average Bonchev–Trinajstić information content (AvgIpc) is 1.42. The second kappa shape index (κ2) is 24.6. The SMILES string of the molecule is CC(C)[C@]12O[C@H]1[C@@H]1O[C@]13[C@@]1(OC(=O)O[C@H]21)[C@H](Cl)C[C@H]1C2=C(CC[C@@]13C)C(=O)OC2.CC(C)[C@]12O[C@H]1[C@@H]1O[C@]13[C@]1(O[C@H]1C[C@H]1C4=C(CC[C@@]13C)C(=O)OC4)[C@@H]2OC(=O)OC(C)(C)C.CC(C)[C@]12O[C@H]1[C@@H]1O[C@]13[C@]1(O[C@H]1C[C@H]1C4=C(CC[C@@]13C)C(=O)OC4)[C@H]2F.CC(C)[C@]12O[C@H]1[C@@H]1O[C@]13[C@]1(O[C@H]1C[C@H]1c4c(C(=O)c5ccccc5)oc(OC(=O)c5ccccc5)c4CC[C@@]13C)[C@@H]2O. The number of alkyl halides is 2. The standard InChI is InChI=1S/C34H32O8.C25H32O8.C21H23ClO7.C20H23FO5/c1-17(2)32-26(41-32)27-34(42-27)31(3)15-14-20-23(21(31)16-22-33(34,40-22)30(32)37)25(24(35)18-10-6-4-7-11-18)38-29(20)39-28(36)19-12-8-5-9-13-19;1-11(2)23-16(31-23)17-25(32-17)22(6)8-7-12-13(10-28-18(12)26)14(22)9-15-24(25,30-15)19(23)29-20(27)33-21(3,4)5;1-8(2)19-13(27-19)14-21(28-14)18(3)5-4-9-10(7-25-15(9)23)11(18)6-12(22)20(21)16(19)26-17(24)29-20;1-8(2)18-13(25-18)14-20(26-14)17(3)5-4-9-10(7-23-15(9)22)11(17)6-12-19(20,24-12)16(18)21/h4-13,17,21-22,26-27,30,37H,14-16H2,1-3H3;11,14-17,19H,7-10H2,1-6H3;8,11-14,16H,4-7H2,1-3H3;8,11-14,16H,4-7H2,1-3H3/t21-,22-,26-,27-,30+,31-,32-,33+,34+;14-,15-,16-,17-,19+,22-,23-,24+,25+;11-,12+,13-,14-,16+,18-,19-,20+,21+;11-,12-,13-,14-,16-,17-,18-,19+,20+/m0000/s1. The molecule has 8 saturated carbocycles. The van der Waals surface area contributed by atoms with Crippen LogP contribution in [0.25, 0.3) is 0 Å². The highest BCUT2D eigenvalue weighted by atomic mass is 35.5. The maximum Gasteiger partial charge on any atom is 0.509 e. The van der Waals surface area contributed by atoms with Gasteiger partial charge in [0.05, 0.1) is 29.3 Å². The average molecular weight is 1810 g/mol. The number of epoxide rings is 11. The molecule has 28 nitrogen and oxygen atoms in total. The van der Waals surface area contributed by atoms with Crippen molar-refractivity contribution in [3.8, 4) is 5.95 Å². The van der Waals surface area contributed by atoms with E-state index < -0.39 is 126 Å². The van der Waals surface area contributed by atoms with E-state index in [0.29, 0.717) is 75.9 Å². The molecule has 30 heteroatoms. The Balaban J connectivity index is 0.0000000905. The fraction of sp³-hybridized carbons (Fsp3) is 0.710. The van der Waals surface area contributed by atoms with Gasteiger partial charge in [0.25, 0.3) is 5.95 Å². The summed E-state index contributed by atoms with van der Waals surface area (Å²) in [4.78, 5) is 89.0. The zero-order valence-corrected chi connectivity index (χ0v) is 76.2. The lowest BCUT2D eigenvalue weighted by molar-refractivity contribution is -0.163. The van der Waals surface area contributed by atoms with E-state index in [-0.39, 0.29) is 166 Å². The molecule has 1 aromatic heterocycles. The van der Waals surface area contributed by atoms with Crippen LogP contribution in [0, 0.1) is 63.1 Å². The largest absolute Gasteiger partial charge is 0.509 e. The van der Waals surface area contributed by atoms with Crippen LogP contribution in [0.2, 0.25) is 0 Å². The van der Waals surface area contributed by atoms with E-state index in [0.717, 1.165) is 76.7 Å². The highest BCUT2D eigenvalue weighted by molar-refractivity contribution is 6.22. The van der Waals surface area contributed by atoms with Crippen LogP contribution in [0.5, 0.6) is 5.95 Å². The molecule has 12 aliphatic carbocycles. The Kier molecular flexibility index (Phi) is 15.6. The first-order chi connectivity index (χ1) is 61.7. The molecule has 36 atom stereocenters. The Morgan fingerprint density at radius 1 is 0.485 bits per heavy atom. The summed E-state index contributed by atoms with van der Waals surface area (Å²) in [5.74, 6) is -0.438. The second-order valence-electron chi connectivity index (χ2n) is 45.9. The number of ether oxygens (including phenoxy) is 19. The van der Waals surface area contributed by atoms with Crippen molar-refractivity contribution in [1.29, 1.82) is 0 Å². The number of aliphatic hydroxyl groups is 1. The topological polar surface area (TPSA) is 365 Å². The first-order valence-electron chi connectivity index (χ1n) is 47.6. The molecule has 0 radical (unpaired) electrons. The Bertz CT molecular complexity index is 5800. The molecule has 8 spiro atoms. The molecule has 0 bridgehead atoms. The Morgan fingerprint density at radius 2 is 0.900 bits per heavy atom. The number of rotatable bonds is 9. The molecule has 30 rings (SSSR count). The third-order valence-electron chi connectivity index (χ3n) is 39.4. The zero-order valence-electron chi connectivity index (χ0n) is 75.5. The van der Waals surface area contributed by atoms with Gasteiger partial charge in [0, 0.05) is 55.1 Å². The highest BCUT2D eigenvalue weighted by Gasteiger charge is 3.06. The van der Waals surface area contributed by atoms with Gasteiger partial charge < -0.3 is 99.5 Å². The predicted octanol–water partition coefficient (Wildman–Crippen LogP) is 12.2. The van der Waals surface area contributed by atoms with Gasteiger partial charge in [-0.25, -0.2) is 33.2 Å². The van der Waals surface area contributed by atoms with E-state index in [1.165, 1.54) is 0 Å². The summed E-state index contributed by atoms with van der Waals surface area (Å²) < 4.78 is 138. The van der Waals surface area contributed by atoms with Gasteiger partial charge in [-0.3, -0.25) is 4.79 Å². The predicted molar refractivity (Wildman–Crippen MR) is 443 cm³/mol. The van der Waals surface area contributed by atoms with E-state index in [1.807, 2.05) is 58.9 Å². The Labute approximate surface area is 754 Å². The number of halogens is 2. The number of esters is 4. The number of aliphatic hydroxyl groups excluding tert-OH is 1. The summed E-state index contributed by atoms with van der Waals surface area (Å²) in [5, 5.41) is 11.4. The molecular formula is C100H110ClFO28. The van der Waals surface area contributed by atoms with Crippen molar-refractivity contribution in [3.63, 3.8) is 0 Å². The van der Waals surface area contributed by atoms with E-state index in [1.54, 1.807) is 36.4 Å². The molecule has 27 aliphatic rings. The van der Waals surface area contributed by atoms with Crippen molar-refractivity contribution in [2.45, 2.75) is 357 Å². The van der Waals surface area contributed by atoms with Crippen LogP contribution in [-0.2, 0) is 106 Å². The molecule has 1 N–H and O–H groups in total.